The number of fused-ring (bicyclic) bond motifs is 1. The summed E-state index contributed by atoms with van der Waals surface area (Å²) in [6.07, 6.45) is 0. The molecule has 2 aromatic carbocycles. The van der Waals surface area contributed by atoms with E-state index < -0.39 is 23.2 Å². The van der Waals surface area contributed by atoms with Gasteiger partial charge >= 0.3 is 5.97 Å². The van der Waals surface area contributed by atoms with Crippen molar-refractivity contribution in [2.24, 2.45) is 0 Å². The van der Waals surface area contributed by atoms with Crippen LogP contribution in [0.3, 0.4) is 0 Å². The molecule has 8 nitrogen and oxygen atoms in total. The Morgan fingerprint density at radius 2 is 1.57 bits per heavy atom. The van der Waals surface area contributed by atoms with Crippen LogP contribution in [-0.4, -0.2) is 36.5 Å². The first kappa shape index (κ1) is 19.3. The number of ketones is 1. The molecule has 0 N–H and O–H groups in total. The fourth-order valence-electron chi connectivity index (χ4n) is 2.94. The van der Waals surface area contributed by atoms with Crippen molar-refractivity contribution in [3.8, 4) is 11.5 Å². The highest BCUT2D eigenvalue weighted by molar-refractivity contribution is 6.01. The molecule has 3 rings (SSSR count). The Hall–Kier alpha value is -3.42. The molecular weight excluding hydrogens is 366 g/mol. The Kier molecular flexibility index (Phi) is 5.30. The highest BCUT2D eigenvalue weighted by Gasteiger charge is 2.28. The smallest absolute Gasteiger partial charge is 0.345 e. The van der Waals surface area contributed by atoms with Gasteiger partial charge in [-0.2, -0.15) is 0 Å². The Morgan fingerprint density at radius 3 is 2.21 bits per heavy atom. The van der Waals surface area contributed by atoms with Gasteiger partial charge in [0.15, 0.2) is 18.1 Å². The van der Waals surface area contributed by atoms with Gasteiger partial charge in [0.05, 0.1) is 11.0 Å². The Balaban J connectivity index is 1.81. The van der Waals surface area contributed by atoms with Crippen LogP contribution in [0.25, 0.3) is 0 Å². The summed E-state index contributed by atoms with van der Waals surface area (Å²) in [5, 5.41) is 11.3. The summed E-state index contributed by atoms with van der Waals surface area (Å²) in [5.74, 6) is -0.941. The largest absolute Gasteiger partial charge is 0.486 e. The van der Waals surface area contributed by atoms with Gasteiger partial charge in [-0.05, 0) is 43.5 Å². The number of Topliss-reactive ketones (excluding diaryl/α,β-unsaturated/α-hetero) is 1. The maximum atomic E-state index is 12.5. The molecule has 1 aliphatic rings. The molecule has 0 aromatic heterocycles. The van der Waals surface area contributed by atoms with Crippen LogP contribution in [0.2, 0.25) is 0 Å². The molecule has 0 unspecified atom stereocenters. The standard InChI is InChI=1S/C20H19NO7/c1-11-6-13(3)14(7-12(11)2)17(22)10-28-20(23)15-8-18-19(27-5-4-26-18)9-16(15)21(24)25/h6-9H,4-5,10H2,1-3H3. The second-order valence-corrected chi connectivity index (χ2v) is 6.52. The number of nitro benzene ring substituents is 1. The predicted octanol–water partition coefficient (Wildman–Crippen LogP) is 3.33. The average Bonchev–Trinajstić information content (AvgIpc) is 2.67. The van der Waals surface area contributed by atoms with Crippen LogP contribution in [0.1, 0.15) is 37.4 Å². The highest BCUT2D eigenvalue weighted by atomic mass is 16.6. The number of ether oxygens (including phenoxy) is 3. The molecule has 0 aliphatic carbocycles. The van der Waals surface area contributed by atoms with E-state index >= 15 is 0 Å². The molecule has 0 fully saturated rings. The van der Waals surface area contributed by atoms with Gasteiger partial charge in [-0.1, -0.05) is 6.07 Å². The highest BCUT2D eigenvalue weighted by Crippen LogP contribution is 2.36. The van der Waals surface area contributed by atoms with E-state index in [1.165, 1.54) is 6.07 Å². The summed E-state index contributed by atoms with van der Waals surface area (Å²) in [6, 6.07) is 5.96. The Bertz CT molecular complexity index is 981. The van der Waals surface area contributed by atoms with Crippen molar-refractivity contribution < 1.29 is 28.7 Å². The zero-order valence-electron chi connectivity index (χ0n) is 15.7. The van der Waals surface area contributed by atoms with E-state index in [-0.39, 0.29) is 36.1 Å². The lowest BCUT2D eigenvalue weighted by Gasteiger charge is -2.18. The summed E-state index contributed by atoms with van der Waals surface area (Å²) in [6.45, 7) is 5.64. The van der Waals surface area contributed by atoms with Crippen LogP contribution in [0.5, 0.6) is 11.5 Å². The lowest BCUT2D eigenvalue weighted by molar-refractivity contribution is -0.385. The lowest BCUT2D eigenvalue weighted by Crippen LogP contribution is -2.19. The summed E-state index contributed by atoms with van der Waals surface area (Å²) < 4.78 is 15.7. The third-order valence-corrected chi connectivity index (χ3v) is 4.55. The minimum atomic E-state index is -0.974. The third-order valence-electron chi connectivity index (χ3n) is 4.55. The van der Waals surface area contributed by atoms with Gasteiger partial charge in [0.2, 0.25) is 5.78 Å². The van der Waals surface area contributed by atoms with Gasteiger partial charge in [-0.25, -0.2) is 4.79 Å². The van der Waals surface area contributed by atoms with E-state index in [0.29, 0.717) is 5.56 Å². The number of carbonyl (C=O) groups excluding carboxylic acids is 2. The van der Waals surface area contributed by atoms with Crippen molar-refractivity contribution in [2.75, 3.05) is 19.8 Å². The van der Waals surface area contributed by atoms with Crippen LogP contribution in [0.15, 0.2) is 24.3 Å². The Morgan fingerprint density at radius 1 is 0.964 bits per heavy atom. The Labute approximate surface area is 161 Å². The fraction of sp³-hybridized carbons (Fsp3) is 0.300. The first-order valence-corrected chi connectivity index (χ1v) is 8.64. The van der Waals surface area contributed by atoms with E-state index in [9.17, 15) is 19.7 Å². The van der Waals surface area contributed by atoms with Crippen molar-refractivity contribution in [1.29, 1.82) is 0 Å². The molecule has 0 saturated carbocycles. The zero-order valence-corrected chi connectivity index (χ0v) is 15.7. The molecule has 1 heterocycles. The number of nitro groups is 1. The molecule has 0 radical (unpaired) electrons. The molecule has 0 atom stereocenters. The summed E-state index contributed by atoms with van der Waals surface area (Å²) in [4.78, 5) is 35.5. The molecule has 2 aromatic rings. The minimum absolute atomic E-state index is 0.191. The molecule has 146 valence electrons. The topological polar surface area (TPSA) is 105 Å². The van der Waals surface area contributed by atoms with Gasteiger partial charge in [0.1, 0.15) is 18.8 Å². The second-order valence-electron chi connectivity index (χ2n) is 6.52. The third kappa shape index (κ3) is 3.80. The zero-order chi connectivity index (χ0) is 20.4. The number of esters is 1. The number of nitrogens with zero attached hydrogens (tertiary/aromatic N) is 1. The van der Waals surface area contributed by atoms with Crippen molar-refractivity contribution in [3.05, 3.63) is 62.2 Å². The van der Waals surface area contributed by atoms with E-state index in [2.05, 4.69) is 0 Å². The molecule has 1 aliphatic heterocycles. The van der Waals surface area contributed by atoms with Crippen LogP contribution < -0.4 is 9.47 Å². The maximum absolute atomic E-state index is 12.5. The van der Waals surface area contributed by atoms with Crippen molar-refractivity contribution in [1.82, 2.24) is 0 Å². The molecule has 0 bridgehead atoms. The minimum Gasteiger partial charge on any atom is -0.486 e. The molecule has 0 spiro atoms. The molecule has 0 amide bonds. The fourth-order valence-corrected chi connectivity index (χ4v) is 2.94. The van der Waals surface area contributed by atoms with Crippen molar-refractivity contribution >= 4 is 17.4 Å². The first-order valence-electron chi connectivity index (χ1n) is 8.64. The second kappa shape index (κ2) is 7.67. The maximum Gasteiger partial charge on any atom is 0.345 e. The van der Waals surface area contributed by atoms with E-state index in [0.717, 1.165) is 22.8 Å². The number of rotatable bonds is 5. The van der Waals surface area contributed by atoms with Crippen molar-refractivity contribution in [2.45, 2.75) is 20.8 Å². The molecular formula is C20H19NO7. The van der Waals surface area contributed by atoms with E-state index in [4.69, 9.17) is 14.2 Å². The van der Waals surface area contributed by atoms with E-state index in [1.807, 2.05) is 19.9 Å². The average molecular weight is 385 g/mol. The molecule has 8 heteroatoms. The van der Waals surface area contributed by atoms with Crippen LogP contribution in [0, 0.1) is 30.9 Å². The molecule has 28 heavy (non-hydrogen) atoms. The number of benzene rings is 2. The van der Waals surface area contributed by atoms with Crippen LogP contribution in [0.4, 0.5) is 5.69 Å². The lowest BCUT2D eigenvalue weighted by atomic mass is 9.98. The van der Waals surface area contributed by atoms with Gasteiger partial charge in [-0.3, -0.25) is 14.9 Å². The van der Waals surface area contributed by atoms with Gasteiger partial charge < -0.3 is 14.2 Å². The summed E-state index contributed by atoms with van der Waals surface area (Å²) >= 11 is 0. The quantitative estimate of drug-likeness (QED) is 0.336. The number of carbonyl (C=O) groups is 2. The van der Waals surface area contributed by atoms with Crippen molar-refractivity contribution in [3.63, 3.8) is 0 Å². The van der Waals surface area contributed by atoms with Crippen LogP contribution in [-0.2, 0) is 4.74 Å². The normalized spacial score (nSPS) is 12.4. The number of hydrogen-bond donors (Lipinski definition) is 0. The first-order chi connectivity index (χ1) is 13.3. The molecule has 0 saturated heterocycles. The number of hydrogen-bond acceptors (Lipinski definition) is 7. The van der Waals surface area contributed by atoms with Gasteiger partial charge in [0.25, 0.3) is 5.69 Å². The number of aryl methyl sites for hydroxylation is 3. The van der Waals surface area contributed by atoms with Gasteiger partial charge in [0, 0.05) is 11.6 Å². The summed E-state index contributed by atoms with van der Waals surface area (Å²) in [7, 11) is 0. The van der Waals surface area contributed by atoms with Crippen LogP contribution >= 0.6 is 0 Å². The SMILES string of the molecule is Cc1cc(C)c(C(=O)COC(=O)c2cc3c(cc2[N+](=O)[O-])OCCO3)cc1C. The predicted molar refractivity (Wildman–Crippen MR) is 99.4 cm³/mol. The van der Waals surface area contributed by atoms with E-state index in [1.54, 1.807) is 13.0 Å². The van der Waals surface area contributed by atoms with Gasteiger partial charge in [-0.15, -0.1) is 0 Å². The monoisotopic (exact) mass is 385 g/mol. The summed E-state index contributed by atoms with van der Waals surface area (Å²) in [5.41, 5.74) is 2.46.